The van der Waals surface area contributed by atoms with Crippen molar-refractivity contribution in [2.24, 2.45) is 0 Å². The van der Waals surface area contributed by atoms with Gasteiger partial charge in [-0.1, -0.05) is 13.8 Å². The topological polar surface area (TPSA) is 47.0 Å². The highest BCUT2D eigenvalue weighted by Gasteiger charge is 2.09. The van der Waals surface area contributed by atoms with Crippen LogP contribution < -0.4 is 0 Å². The molecule has 0 amide bonds. The van der Waals surface area contributed by atoms with Crippen LogP contribution >= 0.6 is 0 Å². The van der Waals surface area contributed by atoms with E-state index < -0.39 is 9.84 Å². The van der Waals surface area contributed by atoms with E-state index in [1.54, 1.807) is 12.1 Å². The fourth-order valence-corrected chi connectivity index (χ4v) is 1.67. The second kappa shape index (κ2) is 4.09. The fraction of sp³-hybridized carbons (Fsp3) is 0.500. The second-order valence-corrected chi connectivity index (χ2v) is 5.52. The molecule has 0 aromatic carbocycles. The zero-order valence-corrected chi connectivity index (χ0v) is 9.50. The Hall–Kier alpha value is -0.900. The molecule has 14 heavy (non-hydrogen) atoms. The van der Waals surface area contributed by atoms with Crippen LogP contribution in [-0.4, -0.2) is 19.7 Å². The summed E-state index contributed by atoms with van der Waals surface area (Å²) in [5, 5.41) is 0. The normalized spacial score (nSPS) is 13.9. The fourth-order valence-electron chi connectivity index (χ4n) is 1.11. The number of hydrogen-bond donors (Lipinski definition) is 0. The number of rotatable bonds is 3. The van der Waals surface area contributed by atoms with Crippen LogP contribution in [0.1, 0.15) is 31.9 Å². The summed E-state index contributed by atoms with van der Waals surface area (Å²) in [6.07, 6.45) is 3.62. The van der Waals surface area contributed by atoms with Gasteiger partial charge >= 0.3 is 0 Å². The number of nitrogens with zero attached hydrogens (tertiary/aromatic N) is 1. The van der Waals surface area contributed by atoms with Gasteiger partial charge in [-0.15, -0.1) is 0 Å². The highest BCUT2D eigenvalue weighted by atomic mass is 32.2. The minimum atomic E-state index is -3.11. The molecule has 0 spiro atoms. The average molecular weight is 213 g/mol. The smallest absolute Gasteiger partial charge is 0.177 e. The van der Waals surface area contributed by atoms with Gasteiger partial charge in [0.05, 0.1) is 4.90 Å². The monoisotopic (exact) mass is 213 g/mol. The molecular weight excluding hydrogens is 198 g/mol. The maximum absolute atomic E-state index is 11.1. The molecule has 3 nitrogen and oxygen atoms in total. The molecule has 1 atom stereocenters. The minimum absolute atomic E-state index is 0.282. The van der Waals surface area contributed by atoms with Gasteiger partial charge in [0, 0.05) is 18.1 Å². The van der Waals surface area contributed by atoms with E-state index in [-0.39, 0.29) is 4.90 Å². The lowest BCUT2D eigenvalue weighted by molar-refractivity contribution is 0.601. The van der Waals surface area contributed by atoms with Crippen molar-refractivity contribution < 1.29 is 8.42 Å². The van der Waals surface area contributed by atoms with Crippen molar-refractivity contribution in [2.45, 2.75) is 31.1 Å². The Balaban J connectivity index is 3.01. The Bertz CT molecular complexity index is 395. The van der Waals surface area contributed by atoms with Crippen molar-refractivity contribution in [3.63, 3.8) is 0 Å². The third-order valence-corrected chi connectivity index (χ3v) is 3.40. The van der Waals surface area contributed by atoms with E-state index >= 15 is 0 Å². The first kappa shape index (κ1) is 11.2. The molecule has 0 aliphatic heterocycles. The van der Waals surface area contributed by atoms with Crippen LogP contribution in [0, 0.1) is 0 Å². The van der Waals surface area contributed by atoms with Crippen molar-refractivity contribution in [1.29, 1.82) is 0 Å². The lowest BCUT2D eigenvalue weighted by atomic mass is 10.1. The molecule has 1 heterocycles. The van der Waals surface area contributed by atoms with Gasteiger partial charge in [-0.2, -0.15) is 0 Å². The molecule has 78 valence electrons. The van der Waals surface area contributed by atoms with Crippen LogP contribution in [0.5, 0.6) is 0 Å². The highest BCUT2D eigenvalue weighted by molar-refractivity contribution is 7.90. The third-order valence-electron chi connectivity index (χ3n) is 2.30. The molecule has 4 heteroatoms. The van der Waals surface area contributed by atoms with Gasteiger partial charge < -0.3 is 0 Å². The van der Waals surface area contributed by atoms with Crippen LogP contribution in [0.25, 0.3) is 0 Å². The van der Waals surface area contributed by atoms with Crippen molar-refractivity contribution in [1.82, 2.24) is 4.98 Å². The zero-order chi connectivity index (χ0) is 10.8. The first-order valence-electron chi connectivity index (χ1n) is 4.61. The Labute approximate surface area is 85.1 Å². The van der Waals surface area contributed by atoms with Crippen molar-refractivity contribution in [3.05, 3.63) is 24.0 Å². The summed E-state index contributed by atoms with van der Waals surface area (Å²) in [6.45, 7) is 4.15. The van der Waals surface area contributed by atoms with Crippen LogP contribution in [0.15, 0.2) is 23.2 Å². The predicted molar refractivity (Wildman–Crippen MR) is 56.1 cm³/mol. The maximum Gasteiger partial charge on any atom is 0.177 e. The Morgan fingerprint density at radius 2 is 2.07 bits per heavy atom. The maximum atomic E-state index is 11.1. The summed E-state index contributed by atoms with van der Waals surface area (Å²) in [4.78, 5) is 4.42. The number of aromatic nitrogens is 1. The predicted octanol–water partition coefficient (Wildman–Crippen LogP) is 2.00. The standard InChI is InChI=1S/C10H15NO2S/c1-4-8(2)10-6-5-9(7-11-10)14(3,12)13/h5-8H,4H2,1-3H3. The van der Waals surface area contributed by atoms with Gasteiger partial charge in [0.1, 0.15) is 0 Å². The van der Waals surface area contributed by atoms with Gasteiger partial charge in [-0.3, -0.25) is 4.98 Å². The van der Waals surface area contributed by atoms with Crippen LogP contribution in [0.2, 0.25) is 0 Å². The summed E-state index contributed by atoms with van der Waals surface area (Å²) in [5.74, 6) is 0.378. The molecule has 0 bridgehead atoms. The van der Waals surface area contributed by atoms with Crippen molar-refractivity contribution in [2.75, 3.05) is 6.26 Å². The molecule has 1 aromatic rings. The SMILES string of the molecule is CCC(C)c1ccc(S(C)(=O)=O)cn1. The van der Waals surface area contributed by atoms with E-state index in [2.05, 4.69) is 18.8 Å². The molecular formula is C10H15NO2S. The number of sulfone groups is 1. The lowest BCUT2D eigenvalue weighted by Crippen LogP contribution is -2.00. The number of pyridine rings is 1. The van der Waals surface area contributed by atoms with E-state index in [0.717, 1.165) is 12.1 Å². The van der Waals surface area contributed by atoms with E-state index in [0.29, 0.717) is 5.92 Å². The average Bonchev–Trinajstić information content (AvgIpc) is 2.15. The van der Waals surface area contributed by atoms with E-state index in [4.69, 9.17) is 0 Å². The number of hydrogen-bond acceptors (Lipinski definition) is 3. The van der Waals surface area contributed by atoms with Crippen molar-refractivity contribution in [3.8, 4) is 0 Å². The third kappa shape index (κ3) is 2.54. The second-order valence-electron chi connectivity index (χ2n) is 3.50. The Morgan fingerprint density at radius 3 is 2.43 bits per heavy atom. The van der Waals surface area contributed by atoms with Crippen LogP contribution in [-0.2, 0) is 9.84 Å². The quantitative estimate of drug-likeness (QED) is 0.771. The summed E-state index contributed by atoms with van der Waals surface area (Å²) in [5.41, 5.74) is 0.944. The van der Waals surface area contributed by atoms with Gasteiger partial charge in [-0.25, -0.2) is 8.42 Å². The Kier molecular flexibility index (Phi) is 3.26. The highest BCUT2D eigenvalue weighted by Crippen LogP contribution is 2.17. The molecule has 1 aromatic heterocycles. The van der Waals surface area contributed by atoms with Crippen LogP contribution in [0.3, 0.4) is 0 Å². The van der Waals surface area contributed by atoms with Crippen LogP contribution in [0.4, 0.5) is 0 Å². The summed E-state index contributed by atoms with van der Waals surface area (Å²) < 4.78 is 22.3. The Morgan fingerprint density at radius 1 is 1.43 bits per heavy atom. The van der Waals surface area contributed by atoms with E-state index in [1.807, 2.05) is 0 Å². The van der Waals surface area contributed by atoms with Crippen molar-refractivity contribution >= 4 is 9.84 Å². The zero-order valence-electron chi connectivity index (χ0n) is 8.69. The molecule has 1 rings (SSSR count). The molecule has 0 aliphatic rings. The van der Waals surface area contributed by atoms with Gasteiger partial charge in [0.25, 0.3) is 0 Å². The molecule has 0 radical (unpaired) electrons. The molecule has 0 fully saturated rings. The molecule has 0 saturated carbocycles. The van der Waals surface area contributed by atoms with E-state index in [9.17, 15) is 8.42 Å². The van der Waals surface area contributed by atoms with E-state index in [1.165, 1.54) is 12.5 Å². The summed E-state index contributed by atoms with van der Waals surface area (Å²) in [7, 11) is -3.11. The first-order valence-corrected chi connectivity index (χ1v) is 6.50. The summed E-state index contributed by atoms with van der Waals surface area (Å²) >= 11 is 0. The summed E-state index contributed by atoms with van der Waals surface area (Å²) in [6, 6.07) is 3.40. The van der Waals surface area contributed by atoms with Gasteiger partial charge in [0.2, 0.25) is 0 Å². The minimum Gasteiger partial charge on any atom is -0.260 e. The largest absolute Gasteiger partial charge is 0.260 e. The molecule has 0 aliphatic carbocycles. The first-order chi connectivity index (χ1) is 6.45. The van der Waals surface area contributed by atoms with Gasteiger partial charge in [-0.05, 0) is 24.5 Å². The van der Waals surface area contributed by atoms with Gasteiger partial charge in [0.15, 0.2) is 9.84 Å². The lowest BCUT2D eigenvalue weighted by Gasteiger charge is -2.07. The molecule has 0 saturated heterocycles. The molecule has 0 N–H and O–H groups in total. The molecule has 1 unspecified atom stereocenters.